The molecule has 3 N–H and O–H groups in total. The number of nitrogens with one attached hydrogen (secondary N) is 1. The Morgan fingerprint density at radius 3 is 2.76 bits per heavy atom. The van der Waals surface area contributed by atoms with E-state index in [0.29, 0.717) is 0 Å². The number of aromatic nitrogens is 1. The Bertz CT molecular complexity index is 714. The smallest absolute Gasteiger partial charge is 0.134 e. The van der Waals surface area contributed by atoms with Gasteiger partial charge in [0, 0.05) is 23.7 Å². The van der Waals surface area contributed by atoms with Gasteiger partial charge in [-0.15, -0.1) is 0 Å². The van der Waals surface area contributed by atoms with Gasteiger partial charge in [-0.3, -0.25) is 0 Å². The van der Waals surface area contributed by atoms with Gasteiger partial charge in [-0.25, -0.2) is 4.98 Å². The van der Waals surface area contributed by atoms with E-state index in [1.807, 2.05) is 19.2 Å². The molecule has 3 nitrogen and oxygen atoms in total. The molecule has 1 aliphatic carbocycles. The van der Waals surface area contributed by atoms with Crippen molar-refractivity contribution in [3.63, 3.8) is 0 Å². The van der Waals surface area contributed by atoms with Crippen molar-refractivity contribution in [1.82, 2.24) is 4.98 Å². The number of anilines is 1. The van der Waals surface area contributed by atoms with Crippen LogP contribution in [0.15, 0.2) is 36.4 Å². The van der Waals surface area contributed by atoms with Gasteiger partial charge in [0.25, 0.3) is 0 Å². The minimum Gasteiger partial charge on any atom is -0.373 e. The van der Waals surface area contributed by atoms with E-state index in [9.17, 15) is 0 Å². The zero-order valence-corrected chi connectivity index (χ0v) is 12.8. The maximum Gasteiger partial charge on any atom is 0.134 e. The van der Waals surface area contributed by atoms with E-state index < -0.39 is 0 Å². The minimum atomic E-state index is -0.351. The lowest BCUT2D eigenvalue weighted by Crippen LogP contribution is -2.35. The van der Waals surface area contributed by atoms with Crippen molar-refractivity contribution in [1.29, 1.82) is 0 Å². The summed E-state index contributed by atoms with van der Waals surface area (Å²) in [6.07, 6.45) is 5.09. The van der Waals surface area contributed by atoms with Gasteiger partial charge in [-0.05, 0) is 37.5 Å². The summed E-state index contributed by atoms with van der Waals surface area (Å²) in [5.74, 6) is 0.887. The molecule has 2 aromatic rings. The Labute approximate surface area is 125 Å². The Morgan fingerprint density at radius 2 is 2.05 bits per heavy atom. The van der Waals surface area contributed by atoms with Crippen LogP contribution in [0, 0.1) is 6.92 Å². The Balaban J connectivity index is 2.26. The van der Waals surface area contributed by atoms with Gasteiger partial charge in [0.2, 0.25) is 0 Å². The van der Waals surface area contributed by atoms with E-state index in [2.05, 4.69) is 49.5 Å². The van der Waals surface area contributed by atoms with Gasteiger partial charge in [0.15, 0.2) is 0 Å². The highest BCUT2D eigenvalue weighted by atomic mass is 15.0. The summed E-state index contributed by atoms with van der Waals surface area (Å²) in [5.41, 5.74) is 11.7. The highest BCUT2D eigenvalue weighted by molar-refractivity contribution is 5.75. The molecule has 3 rings (SSSR count). The first-order valence-corrected chi connectivity index (χ1v) is 7.27. The van der Waals surface area contributed by atoms with Crippen LogP contribution in [0.25, 0.3) is 17.3 Å². The van der Waals surface area contributed by atoms with E-state index >= 15 is 0 Å². The van der Waals surface area contributed by atoms with Crippen molar-refractivity contribution in [2.75, 3.05) is 12.4 Å². The second-order valence-corrected chi connectivity index (χ2v) is 5.91. The summed E-state index contributed by atoms with van der Waals surface area (Å²) in [5, 5.41) is 3.20. The number of fused-ring (bicyclic) bond motifs is 1. The van der Waals surface area contributed by atoms with Crippen molar-refractivity contribution in [3.8, 4) is 11.3 Å². The second kappa shape index (κ2) is 5.01. The topological polar surface area (TPSA) is 50.9 Å². The molecular formula is C18H21N3. The third-order valence-corrected chi connectivity index (χ3v) is 4.16. The number of nitrogens with two attached hydrogens (primary N) is 1. The molecule has 0 fully saturated rings. The number of hydrogen-bond donors (Lipinski definition) is 2. The molecule has 1 heterocycles. The minimum absolute atomic E-state index is 0.351. The molecule has 0 saturated heterocycles. The molecule has 1 atom stereocenters. The molecule has 3 heteroatoms. The van der Waals surface area contributed by atoms with Crippen LogP contribution in [0.4, 0.5) is 5.82 Å². The normalized spacial score (nSPS) is 20.2. The average molecular weight is 279 g/mol. The predicted octanol–water partition coefficient (Wildman–Crippen LogP) is 3.69. The first-order chi connectivity index (χ1) is 10.0. The average Bonchev–Trinajstić information content (AvgIpc) is 2.47. The lowest BCUT2D eigenvalue weighted by atomic mass is 9.82. The first-order valence-electron chi connectivity index (χ1n) is 7.27. The first kappa shape index (κ1) is 13.8. The molecule has 21 heavy (non-hydrogen) atoms. The fraction of sp³-hybridized carbons (Fsp3) is 0.278. The number of aryl methyl sites for hydroxylation is 1. The van der Waals surface area contributed by atoms with Gasteiger partial charge in [-0.2, -0.15) is 0 Å². The SMILES string of the molecule is CNc1nc(-c2ccccc2C)cc2c1C=CCC2(C)N. The fourth-order valence-electron chi connectivity index (χ4n) is 2.92. The highest BCUT2D eigenvalue weighted by Gasteiger charge is 2.28. The second-order valence-electron chi connectivity index (χ2n) is 5.91. The number of benzene rings is 1. The van der Waals surface area contributed by atoms with E-state index in [4.69, 9.17) is 10.7 Å². The van der Waals surface area contributed by atoms with Gasteiger partial charge >= 0.3 is 0 Å². The summed E-state index contributed by atoms with van der Waals surface area (Å²) in [4.78, 5) is 4.78. The van der Waals surface area contributed by atoms with Crippen LogP contribution in [0.1, 0.15) is 30.0 Å². The summed E-state index contributed by atoms with van der Waals surface area (Å²) < 4.78 is 0. The predicted molar refractivity (Wildman–Crippen MR) is 89.1 cm³/mol. The molecule has 0 saturated carbocycles. The van der Waals surface area contributed by atoms with Gasteiger partial charge in [0.1, 0.15) is 5.82 Å². The summed E-state index contributed by atoms with van der Waals surface area (Å²) in [7, 11) is 1.90. The number of rotatable bonds is 2. The largest absolute Gasteiger partial charge is 0.373 e. The standard InChI is InChI=1S/C18H21N3/c1-12-7-4-5-8-13(12)16-11-15-14(17(20-3)21-16)9-6-10-18(15,2)19/h4-9,11H,10,19H2,1-3H3,(H,20,21). The zero-order chi connectivity index (χ0) is 15.0. The third kappa shape index (κ3) is 2.34. The number of hydrogen-bond acceptors (Lipinski definition) is 3. The Kier molecular flexibility index (Phi) is 3.30. The maximum atomic E-state index is 6.49. The molecular weight excluding hydrogens is 258 g/mol. The van der Waals surface area contributed by atoms with Gasteiger partial charge in [-0.1, -0.05) is 36.4 Å². The van der Waals surface area contributed by atoms with Crippen LogP contribution in [-0.4, -0.2) is 12.0 Å². The molecule has 1 unspecified atom stereocenters. The molecule has 0 aliphatic heterocycles. The molecule has 0 amide bonds. The molecule has 0 radical (unpaired) electrons. The van der Waals surface area contributed by atoms with Crippen molar-refractivity contribution >= 4 is 11.9 Å². The van der Waals surface area contributed by atoms with E-state index in [0.717, 1.165) is 34.6 Å². The molecule has 0 bridgehead atoms. The van der Waals surface area contributed by atoms with Crippen LogP contribution in [-0.2, 0) is 5.54 Å². The van der Waals surface area contributed by atoms with Crippen molar-refractivity contribution in [2.45, 2.75) is 25.8 Å². The van der Waals surface area contributed by atoms with E-state index in [1.165, 1.54) is 5.56 Å². The molecule has 1 aliphatic rings. The van der Waals surface area contributed by atoms with Crippen LogP contribution < -0.4 is 11.1 Å². The number of pyridine rings is 1. The van der Waals surface area contributed by atoms with Gasteiger partial charge < -0.3 is 11.1 Å². The highest BCUT2D eigenvalue weighted by Crippen LogP contribution is 2.37. The van der Waals surface area contributed by atoms with Crippen LogP contribution in [0.5, 0.6) is 0 Å². The lowest BCUT2D eigenvalue weighted by Gasteiger charge is -2.30. The van der Waals surface area contributed by atoms with E-state index in [1.54, 1.807) is 0 Å². The van der Waals surface area contributed by atoms with Crippen molar-refractivity contribution in [2.24, 2.45) is 5.73 Å². The zero-order valence-electron chi connectivity index (χ0n) is 12.8. The quantitative estimate of drug-likeness (QED) is 0.881. The summed E-state index contributed by atoms with van der Waals surface area (Å²) >= 11 is 0. The Morgan fingerprint density at radius 1 is 1.29 bits per heavy atom. The third-order valence-electron chi connectivity index (χ3n) is 4.16. The maximum absolute atomic E-state index is 6.49. The van der Waals surface area contributed by atoms with Crippen LogP contribution >= 0.6 is 0 Å². The van der Waals surface area contributed by atoms with Crippen LogP contribution in [0.2, 0.25) is 0 Å². The van der Waals surface area contributed by atoms with Crippen LogP contribution in [0.3, 0.4) is 0 Å². The molecule has 1 aromatic carbocycles. The molecule has 108 valence electrons. The molecule has 1 aromatic heterocycles. The van der Waals surface area contributed by atoms with Crippen molar-refractivity contribution in [3.05, 3.63) is 53.1 Å². The molecule has 0 spiro atoms. The van der Waals surface area contributed by atoms with E-state index in [-0.39, 0.29) is 5.54 Å². The monoisotopic (exact) mass is 279 g/mol. The number of nitrogens with zero attached hydrogens (tertiary/aromatic N) is 1. The fourth-order valence-corrected chi connectivity index (χ4v) is 2.92. The van der Waals surface area contributed by atoms with Crippen molar-refractivity contribution < 1.29 is 0 Å². The Hall–Kier alpha value is -2.13. The lowest BCUT2D eigenvalue weighted by molar-refractivity contribution is 0.497. The summed E-state index contributed by atoms with van der Waals surface area (Å²) in [6, 6.07) is 10.4. The summed E-state index contributed by atoms with van der Waals surface area (Å²) in [6.45, 7) is 4.19. The van der Waals surface area contributed by atoms with Gasteiger partial charge in [0.05, 0.1) is 5.69 Å².